The Labute approximate surface area is 188 Å². The second kappa shape index (κ2) is 8.68. The number of hydrogen-bond donors (Lipinski definition) is 2. The minimum atomic E-state index is -0.645. The third kappa shape index (κ3) is 3.96. The molecule has 0 aliphatic carbocycles. The fourth-order valence-electron chi connectivity index (χ4n) is 3.57. The molecule has 0 spiro atoms. The van der Waals surface area contributed by atoms with Crippen LogP contribution >= 0.6 is 11.6 Å². The van der Waals surface area contributed by atoms with Gasteiger partial charge in [-0.1, -0.05) is 11.6 Å². The fourth-order valence-corrected chi connectivity index (χ4v) is 3.73. The predicted octanol–water partition coefficient (Wildman–Crippen LogP) is 5.04. The molecular weight excluding hydrogens is 440 g/mol. The van der Waals surface area contributed by atoms with E-state index in [1.165, 1.54) is 46.2 Å². The quantitative estimate of drug-likeness (QED) is 0.558. The number of benzene rings is 2. The number of nitrogens with zero attached hydrogens (tertiary/aromatic N) is 4. The monoisotopic (exact) mass is 459 g/mol. The Hall–Kier alpha value is -3.30. The van der Waals surface area contributed by atoms with Gasteiger partial charge in [-0.25, -0.2) is 18.6 Å². The molecule has 0 bridgehead atoms. The van der Waals surface area contributed by atoms with E-state index in [4.69, 9.17) is 11.6 Å². The second-order valence-electron chi connectivity index (χ2n) is 7.43. The number of halogens is 3. The molecule has 1 aromatic heterocycles. The van der Waals surface area contributed by atoms with Crippen LogP contribution in [0.15, 0.2) is 48.7 Å². The van der Waals surface area contributed by atoms with Crippen molar-refractivity contribution < 1.29 is 18.7 Å². The average molecular weight is 460 g/mol. The van der Waals surface area contributed by atoms with Crippen LogP contribution in [-0.2, 0) is 0 Å². The zero-order valence-electron chi connectivity index (χ0n) is 17.3. The molecule has 2 amide bonds. The summed E-state index contributed by atoms with van der Waals surface area (Å²) in [7, 11) is 0. The van der Waals surface area contributed by atoms with Crippen LogP contribution in [0.2, 0.25) is 5.02 Å². The normalized spacial score (nSPS) is 16.7. The number of anilines is 4. The summed E-state index contributed by atoms with van der Waals surface area (Å²) in [5, 5.41) is 13.0. The Morgan fingerprint density at radius 2 is 1.94 bits per heavy atom. The first-order valence-corrected chi connectivity index (χ1v) is 10.3. The van der Waals surface area contributed by atoms with Gasteiger partial charge in [0.1, 0.15) is 17.5 Å². The highest BCUT2D eigenvalue weighted by molar-refractivity contribution is 6.30. The molecule has 0 saturated heterocycles. The van der Waals surface area contributed by atoms with Gasteiger partial charge in [-0.15, -0.1) is 0 Å². The molecule has 32 heavy (non-hydrogen) atoms. The van der Waals surface area contributed by atoms with E-state index in [1.807, 2.05) is 0 Å². The average Bonchev–Trinajstić information content (AvgIpc) is 2.76. The Morgan fingerprint density at radius 1 is 1.22 bits per heavy atom. The van der Waals surface area contributed by atoms with E-state index in [9.17, 15) is 18.7 Å². The van der Waals surface area contributed by atoms with E-state index < -0.39 is 23.9 Å². The molecule has 2 atom stereocenters. The summed E-state index contributed by atoms with van der Waals surface area (Å²) >= 11 is 5.87. The Bertz CT molecular complexity index is 1160. The van der Waals surface area contributed by atoms with Crippen molar-refractivity contribution in [3.8, 4) is 0 Å². The van der Waals surface area contributed by atoms with E-state index in [-0.39, 0.29) is 29.1 Å². The first-order valence-electron chi connectivity index (χ1n) is 9.88. The number of amides is 2. The van der Waals surface area contributed by atoms with Gasteiger partial charge in [-0.05, 0) is 56.3 Å². The number of rotatable bonds is 5. The minimum Gasteiger partial charge on any atom is -0.394 e. The number of aliphatic hydroxyl groups is 1. The number of aliphatic hydroxyl groups excluding tert-OH is 1. The number of fused-ring (bicyclic) bond motifs is 1. The summed E-state index contributed by atoms with van der Waals surface area (Å²) < 4.78 is 27.9. The number of aromatic nitrogens is 2. The van der Waals surface area contributed by atoms with Crippen LogP contribution in [0.25, 0.3) is 0 Å². The van der Waals surface area contributed by atoms with Crippen LogP contribution in [0.1, 0.15) is 25.5 Å². The van der Waals surface area contributed by atoms with Crippen LogP contribution in [0.5, 0.6) is 0 Å². The van der Waals surface area contributed by atoms with E-state index in [1.54, 1.807) is 20.0 Å². The zero-order chi connectivity index (χ0) is 23.0. The van der Waals surface area contributed by atoms with E-state index in [0.29, 0.717) is 17.1 Å². The van der Waals surface area contributed by atoms with Crippen LogP contribution in [0.4, 0.5) is 36.7 Å². The minimum absolute atomic E-state index is 0.0567. The molecular formula is C22H20ClF2N5O2. The molecule has 1 aliphatic heterocycles. The molecule has 0 unspecified atom stereocenters. The van der Waals surface area contributed by atoms with Crippen LogP contribution < -0.4 is 15.1 Å². The summed E-state index contributed by atoms with van der Waals surface area (Å²) in [6.07, 6.45) is 1.54. The highest BCUT2D eigenvalue weighted by Crippen LogP contribution is 2.40. The van der Waals surface area contributed by atoms with Crippen molar-refractivity contribution in [1.82, 2.24) is 9.97 Å². The van der Waals surface area contributed by atoms with Crippen molar-refractivity contribution >= 4 is 40.8 Å². The summed E-state index contributed by atoms with van der Waals surface area (Å²) in [6, 6.07) is 7.96. The summed E-state index contributed by atoms with van der Waals surface area (Å²) in [5.74, 6) is -0.530. The largest absolute Gasteiger partial charge is 0.394 e. The smallest absolute Gasteiger partial charge is 0.331 e. The van der Waals surface area contributed by atoms with Gasteiger partial charge < -0.3 is 10.4 Å². The lowest BCUT2D eigenvalue weighted by atomic mass is 10.0. The lowest BCUT2D eigenvalue weighted by Crippen LogP contribution is -2.54. The molecule has 1 aliphatic rings. The third-order valence-electron chi connectivity index (χ3n) is 5.25. The topological polar surface area (TPSA) is 81.6 Å². The second-order valence-corrected chi connectivity index (χ2v) is 7.87. The molecule has 10 heteroatoms. The molecule has 0 fully saturated rings. The third-order valence-corrected chi connectivity index (χ3v) is 5.48. The molecule has 166 valence electrons. The number of urea groups is 1. The molecule has 0 saturated carbocycles. The van der Waals surface area contributed by atoms with Crippen molar-refractivity contribution in [2.45, 2.75) is 25.9 Å². The number of nitrogens with one attached hydrogen (secondary N) is 1. The van der Waals surface area contributed by atoms with Crippen molar-refractivity contribution in [3.05, 3.63) is 70.9 Å². The van der Waals surface area contributed by atoms with Crippen LogP contribution in [0.3, 0.4) is 0 Å². The standard InChI is InChI=1S/C22H20ClF2N5O2/c1-12(11-31)29-20-17(10-26-21(28-20)27-16-6-4-15(24)5-7-16)13(2)30(22(29)32)19-8-3-14(23)9-18(19)25/h3-10,12-13,31H,11H2,1-2H3,(H,26,27,28)/t12-,13+/m1/s1. The first-order chi connectivity index (χ1) is 15.3. The predicted molar refractivity (Wildman–Crippen MR) is 118 cm³/mol. The van der Waals surface area contributed by atoms with Crippen molar-refractivity contribution in [2.75, 3.05) is 21.7 Å². The van der Waals surface area contributed by atoms with Crippen molar-refractivity contribution in [2.24, 2.45) is 0 Å². The lowest BCUT2D eigenvalue weighted by molar-refractivity contribution is 0.232. The van der Waals surface area contributed by atoms with Gasteiger partial charge >= 0.3 is 6.03 Å². The van der Waals surface area contributed by atoms with Crippen molar-refractivity contribution in [3.63, 3.8) is 0 Å². The molecule has 7 nitrogen and oxygen atoms in total. The molecule has 4 rings (SSSR count). The number of carbonyl (C=O) groups is 1. The van der Waals surface area contributed by atoms with Gasteiger partial charge in [0.05, 0.1) is 24.4 Å². The lowest BCUT2D eigenvalue weighted by Gasteiger charge is -2.42. The van der Waals surface area contributed by atoms with E-state index in [0.717, 1.165) is 6.07 Å². The molecule has 2 N–H and O–H groups in total. The van der Waals surface area contributed by atoms with Gasteiger partial charge in [0.25, 0.3) is 0 Å². The highest BCUT2D eigenvalue weighted by Gasteiger charge is 2.41. The zero-order valence-corrected chi connectivity index (χ0v) is 18.0. The first kappa shape index (κ1) is 21.9. The van der Waals surface area contributed by atoms with Gasteiger partial charge in [0.15, 0.2) is 0 Å². The van der Waals surface area contributed by atoms with Crippen LogP contribution in [-0.4, -0.2) is 33.8 Å². The molecule has 2 heterocycles. The van der Waals surface area contributed by atoms with Gasteiger partial charge in [-0.2, -0.15) is 4.98 Å². The van der Waals surface area contributed by atoms with Crippen LogP contribution in [0, 0.1) is 11.6 Å². The highest BCUT2D eigenvalue weighted by atomic mass is 35.5. The Kier molecular flexibility index (Phi) is 5.94. The van der Waals surface area contributed by atoms with Gasteiger partial charge in [0, 0.05) is 22.5 Å². The fraction of sp³-hybridized carbons (Fsp3) is 0.227. The molecule has 2 aromatic carbocycles. The Morgan fingerprint density at radius 3 is 2.59 bits per heavy atom. The van der Waals surface area contributed by atoms with Crippen molar-refractivity contribution in [1.29, 1.82) is 0 Å². The summed E-state index contributed by atoms with van der Waals surface area (Å²) in [5.41, 5.74) is 1.19. The molecule has 0 radical (unpaired) electrons. The SMILES string of the molecule is C[C@H](CO)N1C(=O)N(c2ccc(Cl)cc2F)[C@@H](C)c2cnc(Nc3ccc(F)cc3)nc21. The van der Waals surface area contributed by atoms with E-state index >= 15 is 0 Å². The molecule has 3 aromatic rings. The van der Waals surface area contributed by atoms with Gasteiger partial charge in [-0.3, -0.25) is 9.80 Å². The number of hydrogen-bond acceptors (Lipinski definition) is 5. The van der Waals surface area contributed by atoms with E-state index in [2.05, 4.69) is 15.3 Å². The van der Waals surface area contributed by atoms with Gasteiger partial charge in [0.2, 0.25) is 5.95 Å². The maximum absolute atomic E-state index is 14.7. The maximum atomic E-state index is 14.7. The number of carbonyl (C=O) groups excluding carboxylic acids is 1. The maximum Gasteiger partial charge on any atom is 0.331 e. The Balaban J connectivity index is 1.78. The summed E-state index contributed by atoms with van der Waals surface area (Å²) in [4.78, 5) is 24.9. The summed E-state index contributed by atoms with van der Waals surface area (Å²) in [6.45, 7) is 3.06.